The minimum Gasteiger partial charge on any atom is -0.378 e. The topological polar surface area (TPSA) is 116 Å². The van der Waals surface area contributed by atoms with E-state index >= 15 is 0 Å². The molecule has 0 aliphatic carbocycles. The molecule has 1 fully saturated rings. The van der Waals surface area contributed by atoms with Crippen LogP contribution in [0.25, 0.3) is 11.4 Å². The average molecular weight is 547 g/mol. The van der Waals surface area contributed by atoms with Crippen LogP contribution >= 0.6 is 0 Å². The number of nitrogens with one attached hydrogen (secondary N) is 2. The van der Waals surface area contributed by atoms with Gasteiger partial charge in [-0.25, -0.2) is 9.78 Å². The highest BCUT2D eigenvalue weighted by atomic mass is 16.5. The van der Waals surface area contributed by atoms with Crippen molar-refractivity contribution in [2.45, 2.75) is 19.8 Å². The summed E-state index contributed by atoms with van der Waals surface area (Å²) in [6, 6.07) is 13.9. The summed E-state index contributed by atoms with van der Waals surface area (Å²) >= 11 is 0. The highest BCUT2D eigenvalue weighted by Crippen LogP contribution is 2.23. The predicted molar refractivity (Wildman–Crippen MR) is 157 cm³/mol. The lowest BCUT2D eigenvalue weighted by Gasteiger charge is -2.27. The zero-order valence-corrected chi connectivity index (χ0v) is 23.8. The number of anilines is 3. The first kappa shape index (κ1) is 28.9. The molecule has 11 heteroatoms. The van der Waals surface area contributed by atoms with Gasteiger partial charge < -0.3 is 30.1 Å². The molecule has 11 nitrogen and oxygen atoms in total. The Morgan fingerprint density at radius 2 is 1.48 bits per heavy atom. The van der Waals surface area contributed by atoms with Crippen LogP contribution in [-0.2, 0) is 4.74 Å². The Hall–Kier alpha value is -4.09. The number of amides is 3. The molecule has 3 aromatic rings. The standard InChI is InChI=1S/C29H38N8O3/c1-20(2)25-32-26(34-28(33-25)37-16-18-40-19-17-37)21-6-10-23(11-7-21)30-29(39)31-24-12-8-22(9-13-24)27(38)36(5)15-14-35(3)4/h6-13,20H,14-19H2,1-5H3,(H2,30,31,39). The van der Waals surface area contributed by atoms with E-state index in [2.05, 4.69) is 39.3 Å². The molecular weight excluding hydrogens is 508 g/mol. The number of carbonyl (C=O) groups excluding carboxylic acids is 2. The maximum Gasteiger partial charge on any atom is 0.323 e. The van der Waals surface area contributed by atoms with Crippen LogP contribution in [0.3, 0.4) is 0 Å². The minimum atomic E-state index is -0.383. The van der Waals surface area contributed by atoms with Gasteiger partial charge in [0.2, 0.25) is 5.95 Å². The zero-order chi connectivity index (χ0) is 28.6. The van der Waals surface area contributed by atoms with Crippen LogP contribution in [0.15, 0.2) is 48.5 Å². The van der Waals surface area contributed by atoms with Crippen LogP contribution in [0.1, 0.15) is 35.9 Å². The van der Waals surface area contributed by atoms with Crippen LogP contribution < -0.4 is 15.5 Å². The largest absolute Gasteiger partial charge is 0.378 e. The molecule has 1 saturated heterocycles. The number of carbonyl (C=O) groups is 2. The van der Waals surface area contributed by atoms with Crippen molar-refractivity contribution in [1.82, 2.24) is 24.8 Å². The van der Waals surface area contributed by atoms with Crippen molar-refractivity contribution >= 4 is 29.3 Å². The molecule has 1 aliphatic heterocycles. The Morgan fingerprint density at radius 1 is 0.875 bits per heavy atom. The molecule has 0 atom stereocenters. The third kappa shape index (κ3) is 7.73. The third-order valence-corrected chi connectivity index (χ3v) is 6.47. The van der Waals surface area contributed by atoms with Crippen molar-refractivity contribution in [1.29, 1.82) is 0 Å². The second-order valence-corrected chi connectivity index (χ2v) is 10.3. The van der Waals surface area contributed by atoms with Crippen LogP contribution in [0.2, 0.25) is 0 Å². The maximum atomic E-state index is 12.6. The Labute approximate surface area is 235 Å². The smallest absolute Gasteiger partial charge is 0.323 e. The molecule has 1 aliphatic rings. The molecule has 0 saturated carbocycles. The number of urea groups is 1. The van der Waals surface area contributed by atoms with E-state index in [9.17, 15) is 9.59 Å². The second-order valence-electron chi connectivity index (χ2n) is 10.3. The number of likely N-dealkylation sites (N-methyl/N-ethyl adjacent to an activating group) is 2. The number of hydrogen-bond donors (Lipinski definition) is 2. The molecule has 2 heterocycles. The first-order chi connectivity index (χ1) is 19.2. The van der Waals surface area contributed by atoms with Crippen molar-refractivity contribution < 1.29 is 14.3 Å². The van der Waals surface area contributed by atoms with Gasteiger partial charge in [0.25, 0.3) is 5.91 Å². The normalized spacial score (nSPS) is 13.4. The first-order valence-electron chi connectivity index (χ1n) is 13.5. The fourth-order valence-electron chi connectivity index (χ4n) is 4.04. The van der Waals surface area contributed by atoms with Gasteiger partial charge in [0.15, 0.2) is 5.82 Å². The summed E-state index contributed by atoms with van der Waals surface area (Å²) in [5, 5.41) is 5.65. The van der Waals surface area contributed by atoms with E-state index in [-0.39, 0.29) is 17.9 Å². The molecule has 0 unspecified atom stereocenters. The molecule has 4 rings (SSSR count). The molecular formula is C29H38N8O3. The van der Waals surface area contributed by atoms with Crippen molar-refractivity contribution in [3.8, 4) is 11.4 Å². The van der Waals surface area contributed by atoms with E-state index in [1.54, 1.807) is 36.2 Å². The van der Waals surface area contributed by atoms with E-state index in [1.165, 1.54) is 0 Å². The second kappa shape index (κ2) is 13.3. The molecule has 3 amide bonds. The van der Waals surface area contributed by atoms with Gasteiger partial charge in [-0.1, -0.05) is 13.8 Å². The lowest BCUT2D eigenvalue weighted by Crippen LogP contribution is -2.37. The summed E-state index contributed by atoms with van der Waals surface area (Å²) in [5.41, 5.74) is 2.62. The summed E-state index contributed by atoms with van der Waals surface area (Å²) < 4.78 is 5.46. The van der Waals surface area contributed by atoms with Gasteiger partial charge in [0.1, 0.15) is 5.82 Å². The van der Waals surface area contributed by atoms with E-state index in [0.29, 0.717) is 48.5 Å². The van der Waals surface area contributed by atoms with Gasteiger partial charge >= 0.3 is 6.03 Å². The Balaban J connectivity index is 1.38. The van der Waals surface area contributed by atoms with Crippen molar-refractivity contribution in [2.24, 2.45) is 0 Å². The SMILES string of the molecule is CC(C)c1nc(-c2ccc(NC(=O)Nc3ccc(C(=O)N(C)CCN(C)C)cc3)cc2)nc(N2CCOCC2)n1. The van der Waals surface area contributed by atoms with Crippen LogP contribution in [0, 0.1) is 0 Å². The quantitative estimate of drug-likeness (QED) is 0.417. The van der Waals surface area contributed by atoms with Gasteiger partial charge in [-0.2, -0.15) is 9.97 Å². The summed E-state index contributed by atoms with van der Waals surface area (Å²) in [6.45, 7) is 8.32. The number of rotatable bonds is 9. The molecule has 1 aromatic heterocycles. The fourth-order valence-corrected chi connectivity index (χ4v) is 4.04. The number of benzene rings is 2. The highest BCUT2D eigenvalue weighted by Gasteiger charge is 2.18. The van der Waals surface area contributed by atoms with E-state index in [1.807, 2.05) is 43.3 Å². The molecule has 212 valence electrons. The molecule has 2 N–H and O–H groups in total. The molecule has 0 spiro atoms. The van der Waals surface area contributed by atoms with Gasteiger partial charge in [0.05, 0.1) is 13.2 Å². The van der Waals surface area contributed by atoms with Gasteiger partial charge in [0, 0.05) is 61.6 Å². The number of morpholine rings is 1. The number of ether oxygens (including phenoxy) is 1. The zero-order valence-electron chi connectivity index (χ0n) is 23.8. The first-order valence-corrected chi connectivity index (χ1v) is 13.5. The maximum absolute atomic E-state index is 12.6. The Bertz CT molecular complexity index is 1290. The van der Waals surface area contributed by atoms with E-state index in [0.717, 1.165) is 31.0 Å². The van der Waals surface area contributed by atoms with Crippen LogP contribution in [-0.4, -0.2) is 97.2 Å². The van der Waals surface area contributed by atoms with Crippen molar-refractivity contribution in [2.75, 3.05) is 76.1 Å². The predicted octanol–water partition coefficient (Wildman–Crippen LogP) is 3.78. The van der Waals surface area contributed by atoms with Gasteiger partial charge in [-0.3, -0.25) is 4.79 Å². The van der Waals surface area contributed by atoms with Crippen LogP contribution in [0.5, 0.6) is 0 Å². The summed E-state index contributed by atoms with van der Waals surface area (Å²) in [6.07, 6.45) is 0. The number of hydrogen-bond acceptors (Lipinski definition) is 8. The highest BCUT2D eigenvalue weighted by molar-refractivity contribution is 6.00. The monoisotopic (exact) mass is 546 g/mol. The Kier molecular flexibility index (Phi) is 9.62. The van der Waals surface area contributed by atoms with Crippen molar-refractivity contribution in [3.05, 3.63) is 59.9 Å². The molecule has 2 aromatic carbocycles. The summed E-state index contributed by atoms with van der Waals surface area (Å²) in [7, 11) is 5.72. The molecule has 0 radical (unpaired) electrons. The Morgan fingerprint density at radius 3 is 2.05 bits per heavy atom. The number of nitrogens with zero attached hydrogens (tertiary/aromatic N) is 6. The summed E-state index contributed by atoms with van der Waals surface area (Å²) in [4.78, 5) is 45.1. The lowest BCUT2D eigenvalue weighted by atomic mass is 10.1. The molecule has 40 heavy (non-hydrogen) atoms. The molecule has 0 bridgehead atoms. The minimum absolute atomic E-state index is 0.0614. The summed E-state index contributed by atoms with van der Waals surface area (Å²) in [5.74, 6) is 2.08. The van der Waals surface area contributed by atoms with Crippen molar-refractivity contribution in [3.63, 3.8) is 0 Å². The number of aromatic nitrogens is 3. The fraction of sp³-hybridized carbons (Fsp3) is 0.414. The van der Waals surface area contributed by atoms with Gasteiger partial charge in [-0.05, 0) is 62.6 Å². The van der Waals surface area contributed by atoms with Gasteiger partial charge in [-0.15, -0.1) is 0 Å². The average Bonchev–Trinajstić information content (AvgIpc) is 2.96. The van der Waals surface area contributed by atoms with E-state index in [4.69, 9.17) is 9.72 Å². The van der Waals surface area contributed by atoms with E-state index < -0.39 is 0 Å². The van der Waals surface area contributed by atoms with Crippen LogP contribution in [0.4, 0.5) is 22.1 Å². The third-order valence-electron chi connectivity index (χ3n) is 6.47. The lowest BCUT2D eigenvalue weighted by molar-refractivity contribution is 0.0786.